The van der Waals surface area contributed by atoms with Crippen molar-refractivity contribution in [2.45, 2.75) is 160 Å². The number of phenolic OH excluding ortho intramolecular Hbond substituents is 1. The van der Waals surface area contributed by atoms with Gasteiger partial charge in [-0.2, -0.15) is 0 Å². The summed E-state index contributed by atoms with van der Waals surface area (Å²) in [5.41, 5.74) is 28.5. The molecule has 4 rings (SSSR count). The average molecular weight is 1440 g/mol. The summed E-state index contributed by atoms with van der Waals surface area (Å²) >= 11 is 0. The van der Waals surface area contributed by atoms with Gasteiger partial charge in [-0.25, -0.2) is 24.3 Å². The van der Waals surface area contributed by atoms with Crippen LogP contribution in [-0.2, 0) is 65.6 Å². The Morgan fingerprint density at radius 2 is 1.02 bits per heavy atom. The van der Waals surface area contributed by atoms with Crippen molar-refractivity contribution in [1.29, 1.82) is 0 Å². The number of aliphatic carboxylic acids is 4. The minimum Gasteiger partial charge on any atom is -0.508 e. The van der Waals surface area contributed by atoms with E-state index in [0.717, 1.165) is 9.80 Å². The maximum absolute atomic E-state index is 15.1. The molecule has 564 valence electrons. The number of aromatic hydroxyl groups is 1. The first-order valence-corrected chi connectivity index (χ1v) is 33.5. The number of nitrogens with zero attached hydrogens (tertiary/aromatic N) is 7. The largest absolute Gasteiger partial charge is 0.508 e. The van der Waals surface area contributed by atoms with Gasteiger partial charge in [0, 0.05) is 58.7 Å². The molecule has 0 bridgehead atoms. The molecule has 0 saturated carbocycles. The molecule has 0 radical (unpaired) electrons. The van der Waals surface area contributed by atoms with Crippen molar-refractivity contribution in [3.05, 3.63) is 59.7 Å². The van der Waals surface area contributed by atoms with E-state index in [2.05, 4.69) is 41.9 Å². The number of carboxylic acid groups (broad SMARTS) is 5. The number of nitrogens with one attached hydrogen (secondary N) is 6. The Morgan fingerprint density at radius 1 is 0.559 bits per heavy atom. The second-order valence-corrected chi connectivity index (χ2v) is 26.5. The molecule has 0 aliphatic carbocycles. The van der Waals surface area contributed by atoms with Gasteiger partial charge in [-0.3, -0.25) is 62.7 Å². The number of phenols is 1. The molecule has 2 aromatic carbocycles. The zero-order chi connectivity index (χ0) is 76.1. The molecule has 8 atom stereocenters. The van der Waals surface area contributed by atoms with Crippen LogP contribution in [0.15, 0.2) is 58.5 Å². The van der Waals surface area contributed by atoms with Crippen LogP contribution >= 0.6 is 0 Å². The number of imide groups is 1. The minimum absolute atomic E-state index is 0.0191. The van der Waals surface area contributed by atoms with Crippen molar-refractivity contribution in [3.63, 3.8) is 0 Å². The highest BCUT2D eigenvalue weighted by Gasteiger charge is 2.44. The first kappa shape index (κ1) is 84.0. The van der Waals surface area contributed by atoms with Crippen molar-refractivity contribution < 1.29 is 93.0 Å². The van der Waals surface area contributed by atoms with Crippen LogP contribution in [0.3, 0.4) is 0 Å². The predicted molar refractivity (Wildman–Crippen MR) is 369 cm³/mol. The normalized spacial score (nSPS) is 16.1. The van der Waals surface area contributed by atoms with Crippen LogP contribution in [0.25, 0.3) is 0 Å². The van der Waals surface area contributed by atoms with E-state index in [1.54, 1.807) is 46.8 Å². The van der Waals surface area contributed by atoms with Crippen molar-refractivity contribution in [2.24, 2.45) is 50.0 Å². The van der Waals surface area contributed by atoms with Gasteiger partial charge in [0.25, 0.3) is 0 Å². The van der Waals surface area contributed by atoms with Crippen LogP contribution in [0.1, 0.15) is 110 Å². The number of urea groups is 1. The van der Waals surface area contributed by atoms with Gasteiger partial charge in [0.2, 0.25) is 41.4 Å². The highest BCUT2D eigenvalue weighted by atomic mass is 16.4. The van der Waals surface area contributed by atoms with E-state index >= 15 is 9.59 Å². The predicted octanol–water partition coefficient (Wildman–Crippen LogP) is -2.24. The summed E-state index contributed by atoms with van der Waals surface area (Å²) in [7, 11) is 0. The van der Waals surface area contributed by atoms with Crippen molar-refractivity contribution in [2.75, 3.05) is 72.0 Å². The number of aliphatic imine (C=N–C) groups is 2. The molecule has 2 saturated heterocycles. The lowest BCUT2D eigenvalue weighted by atomic mass is 9.85. The Morgan fingerprint density at radius 3 is 1.48 bits per heavy atom. The number of carboxylic acids is 4. The summed E-state index contributed by atoms with van der Waals surface area (Å²) in [6.45, 7) is 4.74. The Kier molecular flexibility index (Phi) is 33.5. The van der Waals surface area contributed by atoms with Crippen molar-refractivity contribution in [3.8, 4) is 5.75 Å². The lowest BCUT2D eigenvalue weighted by molar-refractivity contribution is -0.144. The Bertz CT molecular complexity index is 3290. The zero-order valence-electron chi connectivity index (χ0n) is 58.1. The van der Waals surface area contributed by atoms with Crippen LogP contribution in [0.2, 0.25) is 0 Å². The van der Waals surface area contributed by atoms with E-state index in [4.69, 9.17) is 28.7 Å². The number of carbonyl (C=O) groups excluding carboxylic acids is 8. The first-order chi connectivity index (χ1) is 48.0. The molecule has 2 aliphatic heterocycles. The fourth-order valence-electron chi connectivity index (χ4n) is 11.7. The molecule has 2 aromatic rings. The number of rotatable bonds is 41. The van der Waals surface area contributed by atoms with Crippen molar-refractivity contribution >= 4 is 95.0 Å². The Hall–Kier alpha value is -10.4. The number of unbranched alkanes of at least 4 members (excludes halogenated alkanes) is 1. The van der Waals surface area contributed by atoms with E-state index in [1.807, 2.05) is 0 Å². The summed E-state index contributed by atoms with van der Waals surface area (Å²) in [5.74, 6) is -12.0. The Balaban J connectivity index is 1.68. The third-order valence-electron chi connectivity index (χ3n) is 16.7. The molecule has 0 spiro atoms. The fraction of sp³-hybridized carbons (Fsp3) is 0.585. The molecule has 10 amide bonds. The number of hydrogen-bond donors (Lipinski definition) is 17. The van der Waals surface area contributed by atoms with Gasteiger partial charge in [0.05, 0.1) is 25.3 Å². The number of likely N-dealkylation sites (tertiary alicyclic amines) is 2. The third kappa shape index (κ3) is 28.3. The van der Waals surface area contributed by atoms with Crippen molar-refractivity contribution in [1.82, 2.24) is 56.4 Å². The SMILES string of the molecule is CC(C)C[C@H](NC(=O)[C@@H](NC(=O)[C@H](Cc1ccc(O)cc1)NC(=O)[C@@H]1CCCN1C(=O)[C@H](CCCN=C(N)N)NC(=O)[C@H](Cc1ccc(N=C(N)N)cc1)NC(=O)[C@@H]1CCCN1C(=O)[C@@H](CCCCN)NC(=O)N(CCN(CCN(CC(=O)O)CC(=O)O)CC(=O)O)C(=O)O)C(C)(C)C)C(=O)O. The van der Waals surface area contributed by atoms with E-state index in [-0.39, 0.29) is 138 Å². The molecule has 0 aromatic heterocycles. The van der Waals surface area contributed by atoms with E-state index in [1.165, 1.54) is 46.2 Å². The van der Waals surface area contributed by atoms with Gasteiger partial charge in [0.1, 0.15) is 54.1 Å². The monoisotopic (exact) mass is 1440 g/mol. The number of hydrogen-bond acceptors (Lipinski definition) is 19. The smallest absolute Gasteiger partial charge is 0.415 e. The number of benzene rings is 2. The Labute approximate surface area is 589 Å². The quantitative estimate of drug-likeness (QED) is 0.0190. The summed E-state index contributed by atoms with van der Waals surface area (Å²) < 4.78 is 0. The van der Waals surface area contributed by atoms with Crippen LogP contribution in [0.4, 0.5) is 15.3 Å². The highest BCUT2D eigenvalue weighted by molar-refractivity contribution is 5.99. The van der Waals surface area contributed by atoms with E-state index < -0.39 is 164 Å². The molecule has 22 N–H and O–H groups in total. The second kappa shape index (κ2) is 40.7. The molecule has 2 fully saturated rings. The molecule has 2 aliphatic rings. The number of carbonyl (C=O) groups is 13. The summed E-state index contributed by atoms with van der Waals surface area (Å²) in [6, 6.07) is -0.488. The highest BCUT2D eigenvalue weighted by Crippen LogP contribution is 2.25. The van der Waals surface area contributed by atoms with Crippen LogP contribution in [-0.4, -0.2) is 265 Å². The average Bonchev–Trinajstić information content (AvgIpc) is 1.71. The van der Waals surface area contributed by atoms with Gasteiger partial charge < -0.3 is 101 Å². The maximum Gasteiger partial charge on any atom is 0.415 e. The lowest BCUT2D eigenvalue weighted by Gasteiger charge is -2.34. The lowest BCUT2D eigenvalue weighted by Crippen LogP contribution is -2.61. The fourth-order valence-corrected chi connectivity index (χ4v) is 11.7. The summed E-state index contributed by atoms with van der Waals surface area (Å²) in [4.78, 5) is 189. The minimum atomic E-state index is -1.81. The molecule has 0 unspecified atom stereocenters. The summed E-state index contributed by atoms with van der Waals surface area (Å²) in [5, 5.41) is 74.5. The van der Waals surface area contributed by atoms with Crippen LogP contribution in [0.5, 0.6) is 5.75 Å². The third-order valence-corrected chi connectivity index (χ3v) is 16.7. The number of nitrogens with two attached hydrogens (primary N) is 5. The van der Waals surface area contributed by atoms with Gasteiger partial charge in [-0.1, -0.05) is 58.9 Å². The summed E-state index contributed by atoms with van der Waals surface area (Å²) in [6.07, 6.45) is -1.22. The molecular weight excluding hydrogens is 1340 g/mol. The van der Waals surface area contributed by atoms with Gasteiger partial charge in [0.15, 0.2) is 11.9 Å². The number of guanidine groups is 2. The topological polar surface area (TPSA) is 586 Å². The van der Waals surface area contributed by atoms with E-state index in [0.29, 0.717) is 23.2 Å². The molecule has 37 heteroatoms. The van der Waals surface area contributed by atoms with Crippen LogP contribution < -0.4 is 60.6 Å². The molecule has 37 nitrogen and oxygen atoms in total. The van der Waals surface area contributed by atoms with Gasteiger partial charge in [-0.05, 0) is 117 Å². The maximum atomic E-state index is 15.1. The van der Waals surface area contributed by atoms with Gasteiger partial charge in [-0.15, -0.1) is 0 Å². The number of amides is 10. The zero-order valence-corrected chi connectivity index (χ0v) is 58.1. The molecule has 102 heavy (non-hydrogen) atoms. The molecular formula is C65H100N18O19. The van der Waals surface area contributed by atoms with Gasteiger partial charge >= 0.3 is 36.0 Å². The standard InChI is InChI=1S/C65H100N18O19/c1-37(2)31-46(60(98)99)76-57(95)52(65(3,4)5)78-54(92)45(33-39-17-21-41(84)22-18-39)75-56(94)47-13-9-25-81(47)58(96)42(12-8-24-71-61(67)68)73-53(91)44(32-38-15-19-40(20-16-38)72-62(69)70)74-55(93)48-14-10-26-82(48)59(97)43(11-6-7-23-66)77-63(100)83(64(101)102)30-29-79(34-49(85)86)27-28-80(35-50(87)88)36-51(89)90/h15-22,37,42-48,52,84H,6-14,23-36,66H2,1-5H3,(H,73,91)(H,74,93)(H,75,94)(H,76,95)(H,77,100)(H,78,92)(H,85,86)(H,87,88)(H,89,90)(H,98,99)(H,101,102)(H4,67,68,71)(H4,69,70,72)/t42-,43+,44-,45-,46-,47-,48-,52+/m0/s1. The molecule has 2 heterocycles. The van der Waals surface area contributed by atoms with E-state index in [9.17, 15) is 83.4 Å². The second-order valence-electron chi connectivity index (χ2n) is 26.5. The first-order valence-electron chi connectivity index (χ1n) is 33.5. The van der Waals surface area contributed by atoms with Crippen LogP contribution in [0, 0.1) is 11.3 Å².